The Bertz CT molecular complexity index is 448. The third-order valence-electron chi connectivity index (χ3n) is 3.90. The zero-order valence-corrected chi connectivity index (χ0v) is 11.7. The van der Waals surface area contributed by atoms with Crippen LogP contribution >= 0.6 is 11.3 Å². The zero-order valence-electron chi connectivity index (χ0n) is 10.9. The largest absolute Gasteiger partial charge is 0.391 e. The van der Waals surface area contributed by atoms with Gasteiger partial charge in [0.05, 0.1) is 30.2 Å². The Labute approximate surface area is 116 Å². The summed E-state index contributed by atoms with van der Waals surface area (Å²) in [6, 6.07) is 1.85. The van der Waals surface area contributed by atoms with Crippen LogP contribution in [0, 0.1) is 0 Å². The van der Waals surface area contributed by atoms with Crippen LogP contribution in [0.1, 0.15) is 45.8 Å². The first-order chi connectivity index (χ1) is 9.24. The van der Waals surface area contributed by atoms with Crippen LogP contribution in [-0.2, 0) is 17.8 Å². The van der Waals surface area contributed by atoms with Crippen LogP contribution in [0.4, 0.5) is 0 Å². The molecule has 2 unspecified atom stereocenters. The maximum atomic E-state index is 12.2. The minimum atomic E-state index is -0.393. The number of ether oxygens (including phenoxy) is 1. The Morgan fingerprint density at radius 3 is 3.05 bits per heavy atom. The van der Waals surface area contributed by atoms with E-state index in [4.69, 9.17) is 4.74 Å². The van der Waals surface area contributed by atoms with Crippen LogP contribution in [-0.4, -0.2) is 29.8 Å². The van der Waals surface area contributed by atoms with Crippen LogP contribution in [0.2, 0.25) is 0 Å². The van der Waals surface area contributed by atoms with Crippen molar-refractivity contribution in [1.82, 2.24) is 5.32 Å². The summed E-state index contributed by atoms with van der Waals surface area (Å²) in [6.45, 7) is 1.36. The van der Waals surface area contributed by atoms with E-state index < -0.39 is 6.10 Å². The minimum Gasteiger partial charge on any atom is -0.391 e. The lowest BCUT2D eigenvalue weighted by Crippen LogP contribution is -2.44. The molecule has 0 radical (unpaired) electrons. The van der Waals surface area contributed by atoms with Crippen molar-refractivity contribution in [3.8, 4) is 0 Å². The molecule has 0 spiro atoms. The van der Waals surface area contributed by atoms with Crippen molar-refractivity contribution in [2.24, 2.45) is 0 Å². The van der Waals surface area contributed by atoms with Gasteiger partial charge in [-0.2, -0.15) is 0 Å². The number of carbonyl (C=O) groups is 1. The third kappa shape index (κ3) is 2.83. The van der Waals surface area contributed by atoms with E-state index in [-0.39, 0.29) is 11.9 Å². The predicted molar refractivity (Wildman–Crippen MR) is 73.4 cm³/mol. The number of thiophene rings is 1. The summed E-state index contributed by atoms with van der Waals surface area (Å²) in [4.78, 5) is 14.2. The molecule has 1 amide bonds. The van der Waals surface area contributed by atoms with E-state index in [0.717, 1.165) is 49.2 Å². The van der Waals surface area contributed by atoms with E-state index in [0.29, 0.717) is 6.61 Å². The molecule has 0 saturated heterocycles. The second-order valence-corrected chi connectivity index (χ2v) is 6.43. The highest BCUT2D eigenvalue weighted by Crippen LogP contribution is 2.27. The smallest absolute Gasteiger partial charge is 0.261 e. The Kier molecular flexibility index (Phi) is 3.86. The highest BCUT2D eigenvalue weighted by atomic mass is 32.1. The van der Waals surface area contributed by atoms with Crippen molar-refractivity contribution in [3.05, 3.63) is 21.4 Å². The standard InChI is InChI=1S/C14H19NO3S/c16-11-4-2-1-3-10(11)15-14(17)13-7-9-8-18-6-5-12(9)19-13/h7,10-11,16H,1-6,8H2,(H,15,17). The molecule has 3 rings (SSSR count). The molecule has 104 valence electrons. The summed E-state index contributed by atoms with van der Waals surface area (Å²) < 4.78 is 5.39. The average Bonchev–Trinajstić information content (AvgIpc) is 2.85. The number of hydrogen-bond acceptors (Lipinski definition) is 4. The summed E-state index contributed by atoms with van der Waals surface area (Å²) >= 11 is 1.56. The maximum absolute atomic E-state index is 12.2. The fourth-order valence-electron chi connectivity index (χ4n) is 2.78. The van der Waals surface area contributed by atoms with Crippen LogP contribution in [0.15, 0.2) is 6.07 Å². The molecule has 2 atom stereocenters. The Hall–Kier alpha value is -0.910. The van der Waals surface area contributed by atoms with Gasteiger partial charge in [-0.05, 0) is 24.5 Å². The molecule has 0 aromatic carbocycles. The zero-order chi connectivity index (χ0) is 13.2. The number of aliphatic hydroxyl groups excluding tert-OH is 1. The van der Waals surface area contributed by atoms with Gasteiger partial charge in [-0.25, -0.2) is 0 Å². The van der Waals surface area contributed by atoms with Gasteiger partial charge in [0.25, 0.3) is 5.91 Å². The second kappa shape index (κ2) is 5.61. The van der Waals surface area contributed by atoms with E-state index in [9.17, 15) is 9.90 Å². The molecule has 1 aliphatic heterocycles. The first-order valence-corrected chi connectivity index (χ1v) is 7.74. The molecule has 2 N–H and O–H groups in total. The van der Waals surface area contributed by atoms with Gasteiger partial charge >= 0.3 is 0 Å². The van der Waals surface area contributed by atoms with E-state index in [1.165, 1.54) is 4.88 Å². The normalized spacial score (nSPS) is 26.8. The molecule has 2 heterocycles. The SMILES string of the molecule is O=C(NC1CCCCC1O)c1cc2c(s1)CCOC2. The number of nitrogens with one attached hydrogen (secondary N) is 1. The number of carbonyl (C=O) groups excluding carboxylic acids is 1. The highest BCUT2D eigenvalue weighted by Gasteiger charge is 2.26. The summed E-state index contributed by atoms with van der Waals surface area (Å²) in [5, 5.41) is 12.9. The highest BCUT2D eigenvalue weighted by molar-refractivity contribution is 7.14. The Morgan fingerprint density at radius 1 is 1.42 bits per heavy atom. The van der Waals surface area contributed by atoms with Crippen molar-refractivity contribution in [3.63, 3.8) is 0 Å². The summed E-state index contributed by atoms with van der Waals surface area (Å²) in [6.07, 6.45) is 4.31. The number of amides is 1. The van der Waals surface area contributed by atoms with Crippen molar-refractivity contribution in [2.45, 2.75) is 50.9 Å². The molecule has 19 heavy (non-hydrogen) atoms. The van der Waals surface area contributed by atoms with Gasteiger partial charge in [-0.15, -0.1) is 11.3 Å². The van der Waals surface area contributed by atoms with Gasteiger partial charge in [0.15, 0.2) is 0 Å². The van der Waals surface area contributed by atoms with E-state index in [2.05, 4.69) is 5.32 Å². The first-order valence-electron chi connectivity index (χ1n) is 6.92. The van der Waals surface area contributed by atoms with E-state index >= 15 is 0 Å². The van der Waals surface area contributed by atoms with Gasteiger partial charge in [0.2, 0.25) is 0 Å². The maximum Gasteiger partial charge on any atom is 0.261 e. The summed E-state index contributed by atoms with van der Waals surface area (Å²) in [5.41, 5.74) is 1.14. The molecule has 1 aliphatic carbocycles. The molecule has 1 saturated carbocycles. The van der Waals surface area contributed by atoms with Crippen molar-refractivity contribution < 1.29 is 14.6 Å². The topological polar surface area (TPSA) is 58.6 Å². The number of aliphatic hydroxyl groups is 1. The number of hydrogen-bond donors (Lipinski definition) is 2. The molecule has 5 heteroatoms. The van der Waals surface area contributed by atoms with Crippen molar-refractivity contribution in [1.29, 1.82) is 0 Å². The van der Waals surface area contributed by atoms with Crippen molar-refractivity contribution in [2.75, 3.05) is 6.61 Å². The Balaban J connectivity index is 1.68. The van der Waals surface area contributed by atoms with Gasteiger partial charge in [-0.3, -0.25) is 4.79 Å². The minimum absolute atomic E-state index is 0.0506. The van der Waals surface area contributed by atoms with Gasteiger partial charge in [0.1, 0.15) is 0 Å². The summed E-state index contributed by atoms with van der Waals surface area (Å²) in [7, 11) is 0. The molecule has 1 aromatic heterocycles. The molecule has 4 nitrogen and oxygen atoms in total. The van der Waals surface area contributed by atoms with Crippen LogP contribution in [0.3, 0.4) is 0 Å². The third-order valence-corrected chi connectivity index (χ3v) is 5.13. The number of fused-ring (bicyclic) bond motifs is 1. The van der Waals surface area contributed by atoms with Gasteiger partial charge in [0, 0.05) is 11.3 Å². The molecule has 0 bridgehead atoms. The first kappa shape index (κ1) is 13.1. The monoisotopic (exact) mass is 281 g/mol. The van der Waals surface area contributed by atoms with Gasteiger partial charge in [-0.1, -0.05) is 12.8 Å². The lowest BCUT2D eigenvalue weighted by molar-refractivity contribution is 0.0720. The molecule has 1 aromatic rings. The van der Waals surface area contributed by atoms with Gasteiger partial charge < -0.3 is 15.2 Å². The molecule has 2 aliphatic rings. The fraction of sp³-hybridized carbons (Fsp3) is 0.643. The quantitative estimate of drug-likeness (QED) is 0.870. The molecular formula is C14H19NO3S. The Morgan fingerprint density at radius 2 is 2.26 bits per heavy atom. The summed E-state index contributed by atoms with van der Waals surface area (Å²) in [5.74, 6) is -0.0506. The fourth-order valence-corrected chi connectivity index (χ4v) is 3.83. The van der Waals surface area contributed by atoms with Crippen LogP contribution in [0.5, 0.6) is 0 Å². The molecule has 1 fully saturated rings. The molecular weight excluding hydrogens is 262 g/mol. The van der Waals surface area contributed by atoms with E-state index in [1.807, 2.05) is 6.07 Å². The number of rotatable bonds is 2. The predicted octanol–water partition coefficient (Wildman–Crippen LogP) is 1.85. The van der Waals surface area contributed by atoms with Crippen molar-refractivity contribution >= 4 is 17.2 Å². The van der Waals surface area contributed by atoms with E-state index in [1.54, 1.807) is 11.3 Å². The average molecular weight is 281 g/mol. The lowest BCUT2D eigenvalue weighted by atomic mass is 9.92. The second-order valence-electron chi connectivity index (χ2n) is 5.29. The van der Waals surface area contributed by atoms with Crippen LogP contribution in [0.25, 0.3) is 0 Å². The lowest BCUT2D eigenvalue weighted by Gasteiger charge is -2.28. The van der Waals surface area contributed by atoms with Crippen LogP contribution < -0.4 is 5.32 Å².